The monoisotopic (exact) mass is 230 g/mol. The molecular weight excluding hydrogens is 208 g/mol. The Bertz CT molecular complexity index is 366. The number of benzene rings is 1. The molecule has 0 unspecified atom stereocenters. The van der Waals surface area contributed by atoms with Crippen molar-refractivity contribution in [3.63, 3.8) is 0 Å². The van der Waals surface area contributed by atoms with Crippen LogP contribution in [0.3, 0.4) is 0 Å². The molecule has 4 rings (SSSR count). The van der Waals surface area contributed by atoms with Crippen LogP contribution in [0, 0.1) is 5.92 Å². The SMILES string of the molecule is NCC12CCC(CC1)CN2Cc1ccccc1. The van der Waals surface area contributed by atoms with E-state index in [0.29, 0.717) is 5.54 Å². The first-order valence-corrected chi connectivity index (χ1v) is 6.81. The van der Waals surface area contributed by atoms with Crippen molar-refractivity contribution in [3.8, 4) is 0 Å². The Kier molecular flexibility index (Phi) is 2.93. The van der Waals surface area contributed by atoms with Gasteiger partial charge in [-0.25, -0.2) is 0 Å². The average Bonchev–Trinajstić information content (AvgIpc) is 2.41. The van der Waals surface area contributed by atoms with Gasteiger partial charge in [0.15, 0.2) is 0 Å². The van der Waals surface area contributed by atoms with Gasteiger partial charge in [0.1, 0.15) is 0 Å². The molecule has 2 aliphatic heterocycles. The Morgan fingerprint density at radius 3 is 2.53 bits per heavy atom. The van der Waals surface area contributed by atoms with Gasteiger partial charge in [-0.3, -0.25) is 4.90 Å². The second-order valence-corrected chi connectivity index (χ2v) is 5.74. The first kappa shape index (κ1) is 11.2. The minimum absolute atomic E-state index is 0.310. The molecule has 1 saturated carbocycles. The fraction of sp³-hybridized carbons (Fsp3) is 0.600. The van der Waals surface area contributed by atoms with Gasteiger partial charge in [-0.1, -0.05) is 30.3 Å². The highest BCUT2D eigenvalue weighted by Gasteiger charge is 2.44. The molecule has 2 heterocycles. The number of hydrogen-bond donors (Lipinski definition) is 1. The van der Waals surface area contributed by atoms with Crippen LogP contribution in [0.25, 0.3) is 0 Å². The van der Waals surface area contributed by atoms with E-state index in [4.69, 9.17) is 5.73 Å². The molecule has 2 bridgehead atoms. The molecule has 92 valence electrons. The number of nitrogens with zero attached hydrogens (tertiary/aromatic N) is 1. The van der Waals surface area contributed by atoms with Crippen LogP contribution in [0.2, 0.25) is 0 Å². The maximum Gasteiger partial charge on any atom is 0.0335 e. The number of hydrogen-bond acceptors (Lipinski definition) is 2. The number of fused-ring (bicyclic) bond motifs is 3. The summed E-state index contributed by atoms with van der Waals surface area (Å²) >= 11 is 0. The van der Waals surface area contributed by atoms with E-state index < -0.39 is 0 Å². The quantitative estimate of drug-likeness (QED) is 0.864. The normalized spacial score (nSPS) is 32.9. The van der Waals surface area contributed by atoms with E-state index in [9.17, 15) is 0 Å². The second kappa shape index (κ2) is 4.43. The van der Waals surface area contributed by atoms with E-state index in [1.807, 2.05) is 0 Å². The van der Waals surface area contributed by atoms with Crippen molar-refractivity contribution in [2.45, 2.75) is 37.8 Å². The zero-order valence-electron chi connectivity index (χ0n) is 10.4. The Hall–Kier alpha value is -0.860. The molecule has 0 aromatic heterocycles. The molecule has 2 heteroatoms. The predicted octanol–water partition coefficient (Wildman–Crippen LogP) is 2.39. The third kappa shape index (κ3) is 2.00. The van der Waals surface area contributed by atoms with Gasteiger partial charge >= 0.3 is 0 Å². The molecule has 1 aromatic carbocycles. The summed E-state index contributed by atoms with van der Waals surface area (Å²) in [4.78, 5) is 2.65. The molecule has 0 amide bonds. The zero-order chi connectivity index (χ0) is 11.7. The van der Waals surface area contributed by atoms with Crippen molar-refractivity contribution in [2.75, 3.05) is 13.1 Å². The van der Waals surface area contributed by atoms with E-state index in [1.165, 1.54) is 37.8 Å². The average molecular weight is 230 g/mol. The van der Waals surface area contributed by atoms with Crippen molar-refractivity contribution in [3.05, 3.63) is 35.9 Å². The summed E-state index contributed by atoms with van der Waals surface area (Å²) < 4.78 is 0. The molecule has 17 heavy (non-hydrogen) atoms. The van der Waals surface area contributed by atoms with Crippen LogP contribution in [0.15, 0.2) is 30.3 Å². The lowest BCUT2D eigenvalue weighted by Gasteiger charge is -2.54. The summed E-state index contributed by atoms with van der Waals surface area (Å²) in [7, 11) is 0. The lowest BCUT2D eigenvalue weighted by molar-refractivity contribution is -0.0347. The number of nitrogens with two attached hydrogens (primary N) is 1. The van der Waals surface area contributed by atoms with E-state index in [2.05, 4.69) is 35.2 Å². The maximum absolute atomic E-state index is 6.08. The van der Waals surface area contributed by atoms with E-state index >= 15 is 0 Å². The van der Waals surface area contributed by atoms with Gasteiger partial charge < -0.3 is 5.73 Å². The van der Waals surface area contributed by atoms with Crippen molar-refractivity contribution in [2.24, 2.45) is 11.7 Å². The smallest absolute Gasteiger partial charge is 0.0335 e. The molecule has 0 spiro atoms. The van der Waals surface area contributed by atoms with Gasteiger partial charge in [0.2, 0.25) is 0 Å². The molecular formula is C15H22N2. The third-order valence-electron chi connectivity index (χ3n) is 4.78. The molecule has 3 aliphatic rings. The molecule has 1 aliphatic carbocycles. The van der Waals surface area contributed by atoms with Crippen molar-refractivity contribution >= 4 is 0 Å². The maximum atomic E-state index is 6.08. The van der Waals surface area contributed by atoms with E-state index in [1.54, 1.807) is 0 Å². The molecule has 2 N–H and O–H groups in total. The van der Waals surface area contributed by atoms with Gasteiger partial charge in [-0.05, 0) is 37.2 Å². The van der Waals surface area contributed by atoms with Crippen LogP contribution >= 0.6 is 0 Å². The molecule has 0 atom stereocenters. The Morgan fingerprint density at radius 1 is 1.18 bits per heavy atom. The summed E-state index contributed by atoms with van der Waals surface area (Å²) in [5.41, 5.74) is 7.81. The van der Waals surface area contributed by atoms with Crippen molar-refractivity contribution in [1.29, 1.82) is 0 Å². The Balaban J connectivity index is 1.78. The second-order valence-electron chi connectivity index (χ2n) is 5.74. The Morgan fingerprint density at radius 2 is 1.88 bits per heavy atom. The fourth-order valence-corrected chi connectivity index (χ4v) is 3.59. The summed E-state index contributed by atoms with van der Waals surface area (Å²) in [6.07, 6.45) is 5.40. The fourth-order valence-electron chi connectivity index (χ4n) is 3.59. The number of rotatable bonds is 3. The highest BCUT2D eigenvalue weighted by atomic mass is 15.2. The summed E-state index contributed by atoms with van der Waals surface area (Å²) in [6, 6.07) is 10.8. The minimum Gasteiger partial charge on any atom is -0.329 e. The van der Waals surface area contributed by atoms with Gasteiger partial charge in [0.05, 0.1) is 0 Å². The molecule has 2 saturated heterocycles. The van der Waals surface area contributed by atoms with Crippen LogP contribution < -0.4 is 5.73 Å². The van der Waals surface area contributed by atoms with Crippen LogP contribution in [0.5, 0.6) is 0 Å². The lowest BCUT2D eigenvalue weighted by atomic mass is 9.70. The summed E-state index contributed by atoms with van der Waals surface area (Å²) in [5, 5.41) is 0. The van der Waals surface area contributed by atoms with Crippen LogP contribution in [-0.2, 0) is 6.54 Å². The zero-order valence-corrected chi connectivity index (χ0v) is 10.4. The van der Waals surface area contributed by atoms with Gasteiger partial charge in [-0.15, -0.1) is 0 Å². The summed E-state index contributed by atoms with van der Waals surface area (Å²) in [5.74, 6) is 0.923. The molecule has 0 radical (unpaired) electrons. The largest absolute Gasteiger partial charge is 0.329 e. The molecule has 3 fully saturated rings. The topological polar surface area (TPSA) is 29.3 Å². The van der Waals surface area contributed by atoms with E-state index in [0.717, 1.165) is 19.0 Å². The van der Waals surface area contributed by atoms with Gasteiger partial charge in [0.25, 0.3) is 0 Å². The predicted molar refractivity (Wildman–Crippen MR) is 70.6 cm³/mol. The van der Waals surface area contributed by atoms with Crippen molar-refractivity contribution < 1.29 is 0 Å². The van der Waals surface area contributed by atoms with Gasteiger partial charge in [-0.2, -0.15) is 0 Å². The summed E-state index contributed by atoms with van der Waals surface area (Å²) in [6.45, 7) is 3.16. The standard InChI is InChI=1S/C15H22N2/c16-12-15-8-6-14(7-9-15)11-17(15)10-13-4-2-1-3-5-13/h1-5,14H,6-12,16H2. The van der Waals surface area contributed by atoms with Crippen molar-refractivity contribution in [1.82, 2.24) is 4.90 Å². The minimum atomic E-state index is 0.310. The van der Waals surface area contributed by atoms with Crippen LogP contribution in [0.4, 0.5) is 0 Å². The van der Waals surface area contributed by atoms with Crippen LogP contribution in [-0.4, -0.2) is 23.5 Å². The molecule has 1 aromatic rings. The van der Waals surface area contributed by atoms with Crippen LogP contribution in [0.1, 0.15) is 31.2 Å². The third-order valence-corrected chi connectivity index (χ3v) is 4.78. The van der Waals surface area contributed by atoms with Gasteiger partial charge in [0, 0.05) is 25.2 Å². The van der Waals surface area contributed by atoms with E-state index in [-0.39, 0.29) is 0 Å². The lowest BCUT2D eigenvalue weighted by Crippen LogP contribution is -2.61. The first-order valence-electron chi connectivity index (χ1n) is 6.81. The Labute approximate surface area is 104 Å². The highest BCUT2D eigenvalue weighted by molar-refractivity contribution is 5.16. The number of piperidine rings is 2. The molecule has 2 nitrogen and oxygen atoms in total. The highest BCUT2D eigenvalue weighted by Crippen LogP contribution is 2.43. The first-order chi connectivity index (χ1) is 8.32.